The van der Waals surface area contributed by atoms with Gasteiger partial charge in [-0.25, -0.2) is 0 Å². The average molecular weight is 280 g/mol. The van der Waals surface area contributed by atoms with Gasteiger partial charge in [0.2, 0.25) is 0 Å². The topological polar surface area (TPSA) is 32.8 Å². The number of nitrogens with zero attached hydrogens (tertiary/aromatic N) is 2. The van der Waals surface area contributed by atoms with Gasteiger partial charge in [-0.05, 0) is 37.4 Å². The Morgan fingerprint density at radius 2 is 2.32 bits per heavy atom. The van der Waals surface area contributed by atoms with E-state index in [0.29, 0.717) is 12.1 Å². The Morgan fingerprint density at radius 3 is 3.05 bits per heavy atom. The van der Waals surface area contributed by atoms with Crippen molar-refractivity contribution in [2.45, 2.75) is 25.5 Å². The average Bonchev–Trinajstić information content (AvgIpc) is 2.84. The zero-order valence-corrected chi connectivity index (χ0v) is 12.3. The Kier molecular flexibility index (Phi) is 3.60. The summed E-state index contributed by atoms with van der Waals surface area (Å²) < 4.78 is 5.82. The summed E-state index contributed by atoms with van der Waals surface area (Å²) in [5.41, 5.74) is 1.09. The molecule has 3 heterocycles. The summed E-state index contributed by atoms with van der Waals surface area (Å²) in [5, 5.41) is 1.99. The normalized spacial score (nSPS) is 28.2. The zero-order valence-electron chi connectivity index (χ0n) is 11.5. The van der Waals surface area contributed by atoms with E-state index in [4.69, 9.17) is 4.74 Å². The summed E-state index contributed by atoms with van der Waals surface area (Å²) in [6, 6.07) is 2.37. The largest absolute Gasteiger partial charge is 0.375 e. The second kappa shape index (κ2) is 5.23. The third kappa shape index (κ3) is 2.42. The van der Waals surface area contributed by atoms with Gasteiger partial charge >= 0.3 is 0 Å². The van der Waals surface area contributed by atoms with Crippen LogP contribution >= 0.6 is 11.3 Å². The van der Waals surface area contributed by atoms with E-state index in [0.717, 1.165) is 43.1 Å². The number of piperidine rings is 1. The van der Waals surface area contributed by atoms with Gasteiger partial charge in [0.15, 0.2) is 0 Å². The number of carbonyl (C=O) groups excluding carboxylic acids is 1. The molecule has 2 fully saturated rings. The van der Waals surface area contributed by atoms with Gasteiger partial charge in [-0.2, -0.15) is 0 Å². The molecule has 3 rings (SSSR count). The van der Waals surface area contributed by atoms with Gasteiger partial charge in [0.05, 0.1) is 23.6 Å². The number of rotatable bonds is 1. The number of fused-ring (bicyclic) bond motifs is 1. The summed E-state index contributed by atoms with van der Waals surface area (Å²) in [6.07, 6.45) is 1.25. The van der Waals surface area contributed by atoms with Crippen molar-refractivity contribution in [1.82, 2.24) is 9.80 Å². The minimum Gasteiger partial charge on any atom is -0.375 e. The highest BCUT2D eigenvalue weighted by Gasteiger charge is 2.37. The number of carbonyl (C=O) groups is 1. The standard InChI is InChI=1S/C14H20N2O2S/c1-10-4-8-19-13(10)14(17)16-5-3-12-11(9-16)15(2)6-7-18-12/h4,8,11-12H,3,5-7,9H2,1-2H3/t11-,12-/m1/s1. The lowest BCUT2D eigenvalue weighted by Gasteiger charge is -2.45. The zero-order chi connectivity index (χ0) is 13.4. The van der Waals surface area contributed by atoms with Gasteiger partial charge in [-0.15, -0.1) is 11.3 Å². The Balaban J connectivity index is 1.73. The maximum atomic E-state index is 12.5. The van der Waals surface area contributed by atoms with E-state index < -0.39 is 0 Å². The van der Waals surface area contributed by atoms with Crippen molar-refractivity contribution in [1.29, 1.82) is 0 Å². The summed E-state index contributed by atoms with van der Waals surface area (Å²) >= 11 is 1.55. The Hall–Kier alpha value is -0.910. The number of hydrogen-bond donors (Lipinski definition) is 0. The number of thiophene rings is 1. The number of likely N-dealkylation sites (N-methyl/N-ethyl adjacent to an activating group) is 1. The minimum absolute atomic E-state index is 0.185. The number of ether oxygens (including phenoxy) is 1. The van der Waals surface area contributed by atoms with Crippen LogP contribution in [0.4, 0.5) is 0 Å². The summed E-state index contributed by atoms with van der Waals surface area (Å²) in [4.78, 5) is 17.7. The molecule has 1 amide bonds. The second-order valence-corrected chi connectivity index (χ2v) is 6.35. The molecule has 2 aliphatic heterocycles. The van der Waals surface area contributed by atoms with E-state index in [1.807, 2.05) is 23.3 Å². The smallest absolute Gasteiger partial charge is 0.264 e. The predicted molar refractivity (Wildman–Crippen MR) is 75.7 cm³/mol. The monoisotopic (exact) mass is 280 g/mol. The highest BCUT2D eigenvalue weighted by atomic mass is 32.1. The molecule has 1 aromatic rings. The van der Waals surface area contributed by atoms with Crippen molar-refractivity contribution >= 4 is 17.2 Å². The van der Waals surface area contributed by atoms with Crippen LogP contribution in [0.2, 0.25) is 0 Å². The SMILES string of the molecule is Cc1ccsc1C(=O)N1CC[C@H]2OCCN(C)[C@@H]2C1. The molecule has 104 valence electrons. The number of likely N-dealkylation sites (tertiary alicyclic amines) is 1. The quantitative estimate of drug-likeness (QED) is 0.783. The van der Waals surface area contributed by atoms with Crippen LogP contribution < -0.4 is 0 Å². The molecule has 0 N–H and O–H groups in total. The highest BCUT2D eigenvalue weighted by molar-refractivity contribution is 7.12. The molecule has 2 atom stereocenters. The van der Waals surface area contributed by atoms with Crippen molar-refractivity contribution in [3.8, 4) is 0 Å². The second-order valence-electron chi connectivity index (χ2n) is 5.43. The van der Waals surface area contributed by atoms with Crippen molar-refractivity contribution < 1.29 is 9.53 Å². The Morgan fingerprint density at radius 1 is 1.47 bits per heavy atom. The molecule has 0 spiro atoms. The Labute approximate surface area is 118 Å². The fourth-order valence-corrected chi connectivity index (χ4v) is 3.85. The molecule has 4 nitrogen and oxygen atoms in total. The number of morpholine rings is 1. The molecular weight excluding hydrogens is 260 g/mol. The van der Waals surface area contributed by atoms with E-state index in [9.17, 15) is 4.79 Å². The van der Waals surface area contributed by atoms with Crippen LogP contribution in [0.25, 0.3) is 0 Å². The van der Waals surface area contributed by atoms with Gasteiger partial charge in [0.1, 0.15) is 0 Å². The number of amides is 1. The summed E-state index contributed by atoms with van der Waals surface area (Å²) in [7, 11) is 2.13. The molecule has 0 aromatic carbocycles. The van der Waals surface area contributed by atoms with Crippen LogP contribution in [0.15, 0.2) is 11.4 Å². The van der Waals surface area contributed by atoms with E-state index in [1.165, 1.54) is 0 Å². The maximum Gasteiger partial charge on any atom is 0.264 e. The first kappa shape index (κ1) is 13.1. The van der Waals surface area contributed by atoms with Crippen molar-refractivity contribution in [2.75, 3.05) is 33.3 Å². The highest BCUT2D eigenvalue weighted by Crippen LogP contribution is 2.25. The fourth-order valence-electron chi connectivity index (χ4n) is 2.96. The molecule has 19 heavy (non-hydrogen) atoms. The van der Waals surface area contributed by atoms with Gasteiger partial charge in [0.25, 0.3) is 5.91 Å². The number of aryl methyl sites for hydroxylation is 1. The lowest BCUT2D eigenvalue weighted by molar-refractivity contribution is -0.0893. The van der Waals surface area contributed by atoms with E-state index in [-0.39, 0.29) is 5.91 Å². The first-order chi connectivity index (χ1) is 9.16. The van der Waals surface area contributed by atoms with Crippen LogP contribution in [0, 0.1) is 6.92 Å². The lowest BCUT2D eigenvalue weighted by Crippen LogP contribution is -2.59. The van der Waals surface area contributed by atoms with Gasteiger partial charge in [-0.1, -0.05) is 0 Å². The summed E-state index contributed by atoms with van der Waals surface area (Å²) in [6.45, 7) is 5.38. The molecular formula is C14H20N2O2S. The van der Waals surface area contributed by atoms with E-state index in [2.05, 4.69) is 11.9 Å². The molecule has 2 saturated heterocycles. The van der Waals surface area contributed by atoms with Crippen molar-refractivity contribution in [2.24, 2.45) is 0 Å². The first-order valence-corrected chi connectivity index (χ1v) is 7.70. The van der Waals surface area contributed by atoms with Crippen LogP contribution in [-0.2, 0) is 4.74 Å². The van der Waals surface area contributed by atoms with Crippen molar-refractivity contribution in [3.63, 3.8) is 0 Å². The fraction of sp³-hybridized carbons (Fsp3) is 0.643. The molecule has 0 saturated carbocycles. The van der Waals surface area contributed by atoms with E-state index >= 15 is 0 Å². The summed E-state index contributed by atoms with van der Waals surface area (Å²) in [5.74, 6) is 0.185. The molecule has 0 unspecified atom stereocenters. The van der Waals surface area contributed by atoms with Crippen LogP contribution in [0.1, 0.15) is 21.7 Å². The van der Waals surface area contributed by atoms with Crippen LogP contribution in [0.3, 0.4) is 0 Å². The van der Waals surface area contributed by atoms with Gasteiger partial charge in [-0.3, -0.25) is 9.69 Å². The lowest BCUT2D eigenvalue weighted by atomic mass is 9.99. The minimum atomic E-state index is 0.185. The molecule has 2 aliphatic rings. The van der Waals surface area contributed by atoms with E-state index in [1.54, 1.807) is 11.3 Å². The molecule has 0 aliphatic carbocycles. The van der Waals surface area contributed by atoms with Crippen LogP contribution in [-0.4, -0.2) is 61.1 Å². The first-order valence-electron chi connectivity index (χ1n) is 6.82. The molecule has 0 radical (unpaired) electrons. The Bertz CT molecular complexity index is 474. The van der Waals surface area contributed by atoms with Crippen LogP contribution in [0.5, 0.6) is 0 Å². The third-order valence-electron chi connectivity index (χ3n) is 4.21. The third-order valence-corrected chi connectivity index (χ3v) is 5.21. The molecule has 1 aromatic heterocycles. The van der Waals surface area contributed by atoms with Gasteiger partial charge in [0, 0.05) is 19.6 Å². The molecule has 5 heteroatoms. The van der Waals surface area contributed by atoms with Gasteiger partial charge < -0.3 is 9.64 Å². The molecule has 0 bridgehead atoms. The number of hydrogen-bond acceptors (Lipinski definition) is 4. The predicted octanol–water partition coefficient (Wildman–Crippen LogP) is 1.60. The maximum absolute atomic E-state index is 12.5. The van der Waals surface area contributed by atoms with Crippen molar-refractivity contribution in [3.05, 3.63) is 21.9 Å².